The molecule has 2 rings (SSSR count). The normalized spacial score (nSPS) is 17.9. The number of nitrogens with zero attached hydrogens (tertiary/aromatic N) is 3. The van der Waals surface area contributed by atoms with Crippen molar-refractivity contribution in [2.75, 3.05) is 13.1 Å². The van der Waals surface area contributed by atoms with Gasteiger partial charge in [0.25, 0.3) is 0 Å². The van der Waals surface area contributed by atoms with Crippen molar-refractivity contribution >= 4 is 5.78 Å². The fourth-order valence-corrected chi connectivity index (χ4v) is 1.97. The summed E-state index contributed by atoms with van der Waals surface area (Å²) in [6.07, 6.45) is 4.34. The first-order valence-corrected chi connectivity index (χ1v) is 5.35. The van der Waals surface area contributed by atoms with E-state index in [0.717, 1.165) is 25.9 Å². The summed E-state index contributed by atoms with van der Waals surface area (Å²) >= 11 is 0. The second-order valence-corrected chi connectivity index (χ2v) is 4.09. The van der Waals surface area contributed by atoms with Crippen LogP contribution in [0.4, 0.5) is 0 Å². The van der Waals surface area contributed by atoms with Crippen LogP contribution in [-0.2, 0) is 7.05 Å². The van der Waals surface area contributed by atoms with Gasteiger partial charge in [0.15, 0.2) is 11.6 Å². The summed E-state index contributed by atoms with van der Waals surface area (Å²) in [4.78, 5) is 11.9. The van der Waals surface area contributed by atoms with Crippen LogP contribution in [0.5, 0.6) is 0 Å². The van der Waals surface area contributed by atoms with Crippen LogP contribution in [0, 0.1) is 5.92 Å². The van der Waals surface area contributed by atoms with E-state index in [1.807, 2.05) is 0 Å². The predicted octanol–water partition coefficient (Wildman–Crippen LogP) is 0.387. The Bertz CT molecular complexity index is 341. The number of aryl methyl sites for hydroxylation is 1. The fraction of sp³-hybridized carbons (Fsp3) is 0.700. The molecule has 0 unspecified atom stereocenters. The average molecular weight is 208 g/mol. The summed E-state index contributed by atoms with van der Waals surface area (Å²) in [5.74, 6) is 1.10. The summed E-state index contributed by atoms with van der Waals surface area (Å²) in [6, 6.07) is 0. The van der Waals surface area contributed by atoms with Gasteiger partial charge in [0.2, 0.25) is 0 Å². The first-order chi connectivity index (χ1) is 7.27. The molecule has 1 aliphatic rings. The van der Waals surface area contributed by atoms with E-state index in [-0.39, 0.29) is 5.78 Å². The zero-order valence-corrected chi connectivity index (χ0v) is 8.94. The van der Waals surface area contributed by atoms with Crippen molar-refractivity contribution in [3.63, 3.8) is 0 Å². The molecule has 0 atom stereocenters. The number of nitrogens with one attached hydrogen (secondary N) is 1. The average Bonchev–Trinajstić information content (AvgIpc) is 2.66. The van der Waals surface area contributed by atoms with Gasteiger partial charge in [-0.25, -0.2) is 0 Å². The lowest BCUT2D eigenvalue weighted by molar-refractivity contribution is 0.0938. The van der Waals surface area contributed by atoms with Crippen LogP contribution in [0.1, 0.15) is 29.9 Å². The van der Waals surface area contributed by atoms with Gasteiger partial charge in [0.1, 0.15) is 6.33 Å². The standard InChI is InChI=1S/C10H16N4O/c1-14-7-12-13-10(14)9(15)6-8-2-4-11-5-3-8/h7-8,11H,2-6H2,1H3. The van der Waals surface area contributed by atoms with Gasteiger partial charge in [-0.2, -0.15) is 0 Å². The molecule has 0 saturated carbocycles. The molecule has 2 heterocycles. The summed E-state index contributed by atoms with van der Waals surface area (Å²) in [7, 11) is 1.80. The third-order valence-corrected chi connectivity index (χ3v) is 2.89. The first-order valence-electron chi connectivity index (χ1n) is 5.35. The highest BCUT2D eigenvalue weighted by Gasteiger charge is 2.20. The highest BCUT2D eigenvalue weighted by atomic mass is 16.1. The molecule has 15 heavy (non-hydrogen) atoms. The smallest absolute Gasteiger partial charge is 0.200 e. The van der Waals surface area contributed by atoms with Crippen LogP contribution in [0.2, 0.25) is 0 Å². The summed E-state index contributed by atoms with van der Waals surface area (Å²) in [6.45, 7) is 2.05. The molecule has 0 bridgehead atoms. The predicted molar refractivity (Wildman–Crippen MR) is 55.5 cm³/mol. The number of piperidine rings is 1. The van der Waals surface area contributed by atoms with Crippen LogP contribution < -0.4 is 5.32 Å². The molecule has 1 aromatic rings. The lowest BCUT2D eigenvalue weighted by atomic mass is 9.92. The minimum absolute atomic E-state index is 0.113. The van der Waals surface area contributed by atoms with Crippen LogP contribution in [0.25, 0.3) is 0 Å². The summed E-state index contributed by atoms with van der Waals surface area (Å²) in [5, 5.41) is 10.8. The molecule has 1 aromatic heterocycles. The van der Waals surface area contributed by atoms with E-state index in [1.165, 1.54) is 0 Å². The number of hydrogen-bond acceptors (Lipinski definition) is 4. The number of ketones is 1. The van der Waals surface area contributed by atoms with Crippen molar-refractivity contribution in [3.05, 3.63) is 12.2 Å². The lowest BCUT2D eigenvalue weighted by Gasteiger charge is -2.21. The fourth-order valence-electron chi connectivity index (χ4n) is 1.97. The molecule has 0 radical (unpaired) electrons. The van der Waals surface area contributed by atoms with E-state index >= 15 is 0 Å². The number of rotatable bonds is 3. The molecule has 0 aliphatic carbocycles. The third kappa shape index (κ3) is 2.41. The van der Waals surface area contributed by atoms with Gasteiger partial charge in [0, 0.05) is 13.5 Å². The number of hydrogen-bond donors (Lipinski definition) is 1. The third-order valence-electron chi connectivity index (χ3n) is 2.89. The minimum Gasteiger partial charge on any atom is -0.317 e. The molecule has 82 valence electrons. The zero-order chi connectivity index (χ0) is 10.7. The van der Waals surface area contributed by atoms with E-state index in [1.54, 1.807) is 17.9 Å². The molecular weight excluding hydrogens is 192 g/mol. The Kier molecular flexibility index (Phi) is 3.11. The van der Waals surface area contributed by atoms with Crippen molar-refractivity contribution in [3.8, 4) is 0 Å². The molecule has 1 saturated heterocycles. The first kappa shape index (κ1) is 10.3. The second-order valence-electron chi connectivity index (χ2n) is 4.09. The Balaban J connectivity index is 1.94. The van der Waals surface area contributed by atoms with E-state index in [0.29, 0.717) is 18.2 Å². The van der Waals surface area contributed by atoms with Crippen LogP contribution in [-0.4, -0.2) is 33.6 Å². The summed E-state index contributed by atoms with van der Waals surface area (Å²) < 4.78 is 1.68. The van der Waals surface area contributed by atoms with E-state index in [9.17, 15) is 4.79 Å². The van der Waals surface area contributed by atoms with Gasteiger partial charge in [-0.05, 0) is 31.8 Å². The van der Waals surface area contributed by atoms with Crippen molar-refractivity contribution in [2.45, 2.75) is 19.3 Å². The van der Waals surface area contributed by atoms with Gasteiger partial charge >= 0.3 is 0 Å². The molecule has 1 aliphatic heterocycles. The van der Waals surface area contributed by atoms with Gasteiger partial charge < -0.3 is 9.88 Å². The second kappa shape index (κ2) is 4.53. The highest BCUT2D eigenvalue weighted by Crippen LogP contribution is 2.17. The number of Topliss-reactive ketones (excluding diaryl/α,β-unsaturated/α-hetero) is 1. The van der Waals surface area contributed by atoms with Crippen molar-refractivity contribution in [1.29, 1.82) is 0 Å². The lowest BCUT2D eigenvalue weighted by Crippen LogP contribution is -2.29. The Morgan fingerprint density at radius 2 is 2.33 bits per heavy atom. The van der Waals surface area contributed by atoms with Gasteiger partial charge in [-0.15, -0.1) is 10.2 Å². The monoisotopic (exact) mass is 208 g/mol. The van der Waals surface area contributed by atoms with E-state index < -0.39 is 0 Å². The Morgan fingerprint density at radius 1 is 1.60 bits per heavy atom. The maximum absolute atomic E-state index is 11.9. The van der Waals surface area contributed by atoms with Crippen LogP contribution >= 0.6 is 0 Å². The minimum atomic E-state index is 0.113. The molecular formula is C10H16N4O. The van der Waals surface area contributed by atoms with Crippen LogP contribution in [0.15, 0.2) is 6.33 Å². The summed E-state index contributed by atoms with van der Waals surface area (Å²) in [5.41, 5.74) is 0. The largest absolute Gasteiger partial charge is 0.317 e. The molecule has 0 spiro atoms. The molecule has 1 N–H and O–H groups in total. The SMILES string of the molecule is Cn1cnnc1C(=O)CC1CCNCC1. The molecule has 5 heteroatoms. The Hall–Kier alpha value is -1.23. The molecule has 0 amide bonds. The molecule has 5 nitrogen and oxygen atoms in total. The quantitative estimate of drug-likeness (QED) is 0.730. The number of carbonyl (C=O) groups is 1. The Morgan fingerprint density at radius 3 is 2.93 bits per heavy atom. The van der Waals surface area contributed by atoms with Gasteiger partial charge in [-0.3, -0.25) is 4.79 Å². The number of carbonyl (C=O) groups excluding carboxylic acids is 1. The zero-order valence-electron chi connectivity index (χ0n) is 8.94. The molecule has 1 fully saturated rings. The maximum atomic E-state index is 11.9. The number of aromatic nitrogens is 3. The van der Waals surface area contributed by atoms with Crippen molar-refractivity contribution in [2.24, 2.45) is 13.0 Å². The van der Waals surface area contributed by atoms with E-state index in [4.69, 9.17) is 0 Å². The highest BCUT2D eigenvalue weighted by molar-refractivity contribution is 5.92. The van der Waals surface area contributed by atoms with Crippen molar-refractivity contribution < 1.29 is 4.79 Å². The topological polar surface area (TPSA) is 59.8 Å². The van der Waals surface area contributed by atoms with Gasteiger partial charge in [0.05, 0.1) is 0 Å². The Labute approximate surface area is 88.9 Å². The van der Waals surface area contributed by atoms with E-state index in [2.05, 4.69) is 15.5 Å². The molecule has 0 aromatic carbocycles. The van der Waals surface area contributed by atoms with Gasteiger partial charge in [-0.1, -0.05) is 0 Å². The van der Waals surface area contributed by atoms with Crippen molar-refractivity contribution in [1.82, 2.24) is 20.1 Å². The van der Waals surface area contributed by atoms with Crippen LogP contribution in [0.3, 0.4) is 0 Å². The maximum Gasteiger partial charge on any atom is 0.200 e.